The third kappa shape index (κ3) is 15.4. The summed E-state index contributed by atoms with van der Waals surface area (Å²) in [5.41, 5.74) is 2.06. The molecule has 232 valence electrons. The first-order valence-corrected chi connectivity index (χ1v) is 16.5. The van der Waals surface area contributed by atoms with E-state index in [-0.39, 0.29) is 30.0 Å². The number of carbonyl (C=O) groups excluding carboxylic acids is 2. The molecular formula is C33H52O7S. The molecule has 8 heteroatoms. The molecule has 1 aliphatic carbocycles. The Bertz CT molecular complexity index is 890. The van der Waals surface area contributed by atoms with Crippen molar-refractivity contribution in [3.8, 4) is 0 Å². The van der Waals surface area contributed by atoms with Crippen molar-refractivity contribution in [1.29, 1.82) is 0 Å². The van der Waals surface area contributed by atoms with E-state index in [9.17, 15) is 19.8 Å². The number of esters is 1. The number of rotatable bonds is 23. The summed E-state index contributed by atoms with van der Waals surface area (Å²) < 4.78 is 16.0. The molecule has 2 rings (SSSR count). The zero-order chi connectivity index (χ0) is 29.7. The first kappa shape index (κ1) is 35.5. The molecule has 7 nitrogen and oxygen atoms in total. The van der Waals surface area contributed by atoms with Gasteiger partial charge in [0.05, 0.1) is 25.4 Å². The lowest BCUT2D eigenvalue weighted by atomic mass is 9.91. The predicted octanol–water partition coefficient (Wildman–Crippen LogP) is 5.68. The monoisotopic (exact) mass is 592 g/mol. The predicted molar refractivity (Wildman–Crippen MR) is 165 cm³/mol. The van der Waals surface area contributed by atoms with Crippen LogP contribution in [0.3, 0.4) is 0 Å². The Labute approximate surface area is 251 Å². The van der Waals surface area contributed by atoms with Gasteiger partial charge < -0.3 is 24.4 Å². The SMILES string of the molecule is CCCCCCCCOCCOC(=O)CCCSCC[C@H]1C(=O)C[C@@H](O)[C@@H]1/C=C/[C@@H](O)Cc1cccc(COC)c1. The second-order valence-corrected chi connectivity index (χ2v) is 12.2. The van der Waals surface area contributed by atoms with Gasteiger partial charge in [-0.3, -0.25) is 9.59 Å². The average Bonchev–Trinajstić information content (AvgIpc) is 3.22. The van der Waals surface area contributed by atoms with Crippen LogP contribution in [0.5, 0.6) is 0 Å². The van der Waals surface area contributed by atoms with Crippen LogP contribution in [0.15, 0.2) is 36.4 Å². The fourth-order valence-corrected chi connectivity index (χ4v) is 6.15. The summed E-state index contributed by atoms with van der Waals surface area (Å²) >= 11 is 1.71. The summed E-state index contributed by atoms with van der Waals surface area (Å²) in [6.45, 7) is 4.21. The number of ether oxygens (including phenoxy) is 3. The lowest BCUT2D eigenvalue weighted by Gasteiger charge is -2.18. The number of benzene rings is 1. The van der Waals surface area contributed by atoms with Gasteiger partial charge in [-0.05, 0) is 41.9 Å². The molecule has 0 radical (unpaired) electrons. The maximum Gasteiger partial charge on any atom is 0.305 e. The average molecular weight is 593 g/mol. The van der Waals surface area contributed by atoms with Crippen LogP contribution in [0, 0.1) is 11.8 Å². The molecule has 1 fully saturated rings. The molecular weight excluding hydrogens is 540 g/mol. The van der Waals surface area contributed by atoms with Gasteiger partial charge in [0.15, 0.2) is 0 Å². The van der Waals surface area contributed by atoms with E-state index in [4.69, 9.17) is 14.2 Å². The Hall–Kier alpha value is -1.71. The summed E-state index contributed by atoms with van der Waals surface area (Å²) in [7, 11) is 1.65. The Balaban J connectivity index is 1.57. The number of aliphatic hydroxyl groups excluding tert-OH is 2. The van der Waals surface area contributed by atoms with Gasteiger partial charge in [-0.15, -0.1) is 0 Å². The molecule has 0 aromatic heterocycles. The van der Waals surface area contributed by atoms with Crippen LogP contribution in [0.4, 0.5) is 0 Å². The minimum absolute atomic E-state index is 0.0804. The minimum atomic E-state index is -0.712. The second kappa shape index (κ2) is 21.9. The van der Waals surface area contributed by atoms with Crippen molar-refractivity contribution < 1.29 is 34.0 Å². The van der Waals surface area contributed by atoms with Gasteiger partial charge in [-0.1, -0.05) is 75.4 Å². The lowest BCUT2D eigenvalue weighted by Crippen LogP contribution is -2.20. The van der Waals surface area contributed by atoms with E-state index in [2.05, 4.69) is 6.92 Å². The van der Waals surface area contributed by atoms with Gasteiger partial charge in [-0.25, -0.2) is 0 Å². The molecule has 1 aromatic rings. The number of hydrogen-bond acceptors (Lipinski definition) is 8. The number of unbranched alkanes of at least 4 members (excludes halogenated alkanes) is 5. The second-order valence-electron chi connectivity index (χ2n) is 10.9. The molecule has 0 aliphatic heterocycles. The van der Waals surface area contributed by atoms with Gasteiger partial charge in [0.1, 0.15) is 12.4 Å². The van der Waals surface area contributed by atoms with Crippen LogP contribution in [-0.4, -0.2) is 72.6 Å². The standard InChI is InChI=1S/C33H52O7S/c1-3-4-5-6-7-8-17-39-18-19-40-33(37)13-10-20-41-21-16-30-29(31(35)24-32(30)36)15-14-28(34)23-26-11-9-12-27(22-26)25-38-2/h9,11-12,14-15,22,28-31,34-35H,3-8,10,13,16-21,23-25H2,1-2H3/b15-14+/t28-,29-,30-,31-/m1/s1. The van der Waals surface area contributed by atoms with Crippen molar-refractivity contribution in [2.24, 2.45) is 11.8 Å². The zero-order valence-corrected chi connectivity index (χ0v) is 26.0. The van der Waals surface area contributed by atoms with Crippen molar-refractivity contribution in [3.05, 3.63) is 47.5 Å². The molecule has 4 atom stereocenters. The van der Waals surface area contributed by atoms with E-state index in [1.807, 2.05) is 30.3 Å². The minimum Gasteiger partial charge on any atom is -0.463 e. The van der Waals surface area contributed by atoms with Crippen LogP contribution in [0.25, 0.3) is 0 Å². The smallest absolute Gasteiger partial charge is 0.305 e. The van der Waals surface area contributed by atoms with Gasteiger partial charge >= 0.3 is 5.97 Å². The number of carbonyl (C=O) groups is 2. The highest BCUT2D eigenvalue weighted by Crippen LogP contribution is 2.34. The lowest BCUT2D eigenvalue weighted by molar-refractivity contribution is -0.145. The molecule has 0 saturated heterocycles. The van der Waals surface area contributed by atoms with Crippen molar-refractivity contribution in [1.82, 2.24) is 0 Å². The first-order valence-electron chi connectivity index (χ1n) is 15.4. The molecule has 1 saturated carbocycles. The largest absolute Gasteiger partial charge is 0.463 e. The highest BCUT2D eigenvalue weighted by Gasteiger charge is 2.39. The molecule has 0 bridgehead atoms. The maximum atomic E-state index is 12.5. The van der Waals surface area contributed by atoms with Gasteiger partial charge in [0, 0.05) is 44.8 Å². The van der Waals surface area contributed by atoms with Gasteiger partial charge in [0.25, 0.3) is 0 Å². The number of aliphatic hydroxyl groups is 2. The van der Waals surface area contributed by atoms with E-state index in [1.165, 1.54) is 32.1 Å². The summed E-state index contributed by atoms with van der Waals surface area (Å²) in [6, 6.07) is 7.92. The topological polar surface area (TPSA) is 102 Å². The van der Waals surface area contributed by atoms with Crippen LogP contribution < -0.4 is 0 Å². The highest BCUT2D eigenvalue weighted by atomic mass is 32.2. The molecule has 1 aliphatic rings. The molecule has 0 unspecified atom stereocenters. The Morgan fingerprint density at radius 1 is 1.07 bits per heavy atom. The molecule has 0 heterocycles. The normalized spacial score (nSPS) is 19.7. The number of thioether (sulfide) groups is 1. The first-order chi connectivity index (χ1) is 19.9. The molecule has 0 spiro atoms. The molecule has 41 heavy (non-hydrogen) atoms. The fourth-order valence-electron chi connectivity index (χ4n) is 5.18. The van der Waals surface area contributed by atoms with Crippen molar-refractivity contribution in [2.75, 3.05) is 38.4 Å². The molecule has 1 aromatic carbocycles. The van der Waals surface area contributed by atoms with Gasteiger partial charge in [-0.2, -0.15) is 11.8 Å². The summed E-state index contributed by atoms with van der Waals surface area (Å²) in [5, 5.41) is 21.0. The third-order valence-electron chi connectivity index (χ3n) is 7.41. The van der Waals surface area contributed by atoms with E-state index >= 15 is 0 Å². The van der Waals surface area contributed by atoms with Crippen molar-refractivity contribution in [2.45, 2.75) is 96.4 Å². The zero-order valence-electron chi connectivity index (χ0n) is 25.1. The number of ketones is 1. The van der Waals surface area contributed by atoms with E-state index in [0.717, 1.165) is 42.1 Å². The van der Waals surface area contributed by atoms with Gasteiger partial charge in [0.2, 0.25) is 0 Å². The summed E-state index contributed by atoms with van der Waals surface area (Å²) in [4.78, 5) is 24.5. The quantitative estimate of drug-likeness (QED) is 0.0951. The van der Waals surface area contributed by atoms with E-state index in [0.29, 0.717) is 39.1 Å². The fraction of sp³-hybridized carbons (Fsp3) is 0.697. The number of methoxy groups -OCH3 is 1. The number of hydrogen-bond donors (Lipinski definition) is 2. The van der Waals surface area contributed by atoms with Crippen molar-refractivity contribution in [3.63, 3.8) is 0 Å². The van der Waals surface area contributed by atoms with Crippen molar-refractivity contribution >= 4 is 23.5 Å². The summed E-state index contributed by atoms with van der Waals surface area (Å²) in [5.74, 6) is 0.954. The highest BCUT2D eigenvalue weighted by molar-refractivity contribution is 7.99. The Kier molecular flexibility index (Phi) is 19.0. The van der Waals surface area contributed by atoms with E-state index < -0.39 is 12.2 Å². The number of Topliss-reactive ketones (excluding diaryl/α,β-unsaturated/α-hetero) is 1. The maximum absolute atomic E-state index is 12.5. The molecule has 2 N–H and O–H groups in total. The summed E-state index contributed by atoms with van der Waals surface area (Å²) in [6.07, 6.45) is 11.9. The Morgan fingerprint density at radius 2 is 1.85 bits per heavy atom. The van der Waals surface area contributed by atoms with Crippen LogP contribution >= 0.6 is 11.8 Å². The molecule has 0 amide bonds. The van der Waals surface area contributed by atoms with Crippen LogP contribution in [-0.2, 0) is 36.8 Å². The Morgan fingerprint density at radius 3 is 2.66 bits per heavy atom. The third-order valence-corrected chi connectivity index (χ3v) is 8.51. The van der Waals surface area contributed by atoms with Crippen LogP contribution in [0.2, 0.25) is 0 Å². The van der Waals surface area contributed by atoms with Crippen LogP contribution in [0.1, 0.15) is 82.3 Å². The van der Waals surface area contributed by atoms with E-state index in [1.54, 1.807) is 24.9 Å².